The fraction of sp³-hybridized carbons (Fsp3) is 0.536. The van der Waals surface area contributed by atoms with Gasteiger partial charge >= 0.3 is 0 Å². The molecule has 1 aliphatic carbocycles. The van der Waals surface area contributed by atoms with Crippen LogP contribution < -0.4 is 10.2 Å². The number of rotatable bonds is 6. The average molecular weight is 450 g/mol. The fourth-order valence-corrected chi connectivity index (χ4v) is 5.77. The van der Waals surface area contributed by atoms with E-state index in [0.717, 1.165) is 23.9 Å². The molecule has 2 unspecified atom stereocenters. The van der Waals surface area contributed by atoms with Crippen molar-refractivity contribution in [1.29, 1.82) is 0 Å². The van der Waals surface area contributed by atoms with Crippen molar-refractivity contribution in [1.82, 2.24) is 4.90 Å². The molecule has 1 N–H and O–H groups in total. The summed E-state index contributed by atoms with van der Waals surface area (Å²) in [6, 6.07) is 16.2. The minimum Gasteiger partial charge on any atom is -0.371 e. The lowest BCUT2D eigenvalue weighted by atomic mass is 9.84. The molecule has 1 aliphatic heterocycles. The first kappa shape index (κ1) is 23.1. The molecule has 2 aliphatic rings. The molecule has 0 radical (unpaired) electrons. The third-order valence-electron chi connectivity index (χ3n) is 7.24. The largest absolute Gasteiger partial charge is 0.371 e. The average Bonchev–Trinajstić information content (AvgIpc) is 2.80. The van der Waals surface area contributed by atoms with Crippen molar-refractivity contribution < 1.29 is 0 Å². The molecule has 0 spiro atoms. The molecular formula is C28H39N3S. The predicted octanol–water partition coefficient (Wildman–Crippen LogP) is 6.94. The van der Waals surface area contributed by atoms with Crippen molar-refractivity contribution in [3.63, 3.8) is 0 Å². The summed E-state index contributed by atoms with van der Waals surface area (Å²) in [5, 5.41) is 4.40. The van der Waals surface area contributed by atoms with Crippen LogP contribution in [0, 0.1) is 12.8 Å². The number of fused-ring (bicyclic) bond motifs is 1. The molecule has 172 valence electrons. The third kappa shape index (κ3) is 5.46. The van der Waals surface area contributed by atoms with Gasteiger partial charge in [0.15, 0.2) is 5.11 Å². The Kier molecular flexibility index (Phi) is 7.72. The molecule has 2 aromatic rings. The second kappa shape index (κ2) is 10.7. The topological polar surface area (TPSA) is 18.5 Å². The van der Waals surface area contributed by atoms with E-state index in [1.807, 2.05) is 0 Å². The molecule has 2 atom stereocenters. The normalized spacial score (nSPS) is 20.5. The number of thiocarbonyl (C=S) groups is 1. The Balaban J connectivity index is 1.56. The van der Waals surface area contributed by atoms with Crippen molar-refractivity contribution in [3.8, 4) is 0 Å². The molecule has 4 rings (SSSR count). The van der Waals surface area contributed by atoms with Crippen LogP contribution >= 0.6 is 12.2 Å². The first-order chi connectivity index (χ1) is 15.5. The maximum Gasteiger partial charge on any atom is 0.173 e. The van der Waals surface area contributed by atoms with Crippen molar-refractivity contribution in [2.75, 3.05) is 23.3 Å². The Bertz CT molecular complexity index is 907. The molecule has 0 saturated heterocycles. The van der Waals surface area contributed by atoms with Crippen LogP contribution in [-0.2, 0) is 13.0 Å². The number of aryl methyl sites for hydroxylation is 2. The summed E-state index contributed by atoms with van der Waals surface area (Å²) in [7, 11) is 0. The highest BCUT2D eigenvalue weighted by Crippen LogP contribution is 2.32. The number of anilines is 2. The molecule has 4 heteroatoms. The van der Waals surface area contributed by atoms with Crippen molar-refractivity contribution in [3.05, 3.63) is 59.2 Å². The Labute approximate surface area is 200 Å². The standard InChI is InChI=1S/C28H39N3S/c1-4-17-30-18-7-9-24-19-23(13-16-27(24)30)20-31(26-10-6-5-8-22(26)3)28(32)29-25-14-11-21(2)12-15-25/h11-16,19,22,26H,4-10,17-18,20H2,1-3H3,(H,29,32). The van der Waals surface area contributed by atoms with Crippen LogP contribution in [0.3, 0.4) is 0 Å². The summed E-state index contributed by atoms with van der Waals surface area (Å²) in [5.74, 6) is 0.666. The van der Waals surface area contributed by atoms with Crippen LogP contribution in [0.1, 0.15) is 69.1 Å². The minimum absolute atomic E-state index is 0.502. The zero-order chi connectivity index (χ0) is 22.5. The van der Waals surface area contributed by atoms with Crippen molar-refractivity contribution in [2.24, 2.45) is 5.92 Å². The summed E-state index contributed by atoms with van der Waals surface area (Å²) >= 11 is 6.00. The van der Waals surface area contributed by atoms with E-state index in [9.17, 15) is 0 Å². The SMILES string of the molecule is CCCN1CCCc2cc(CN(C(=S)Nc3ccc(C)cc3)C3CCCCC3C)ccc21. The fourth-order valence-electron chi connectivity index (χ4n) is 5.46. The van der Waals surface area contributed by atoms with E-state index in [-0.39, 0.29) is 0 Å². The van der Waals surface area contributed by atoms with Crippen LogP contribution in [0.15, 0.2) is 42.5 Å². The Hall–Kier alpha value is -2.07. The van der Waals surface area contributed by atoms with Crippen LogP contribution in [0.5, 0.6) is 0 Å². The molecule has 2 aromatic carbocycles. The van der Waals surface area contributed by atoms with Gasteiger partial charge in [-0.2, -0.15) is 0 Å². The van der Waals surface area contributed by atoms with Gasteiger partial charge in [0.1, 0.15) is 0 Å². The van der Waals surface area contributed by atoms with Gasteiger partial charge < -0.3 is 15.1 Å². The molecular weight excluding hydrogens is 410 g/mol. The second-order valence-corrected chi connectivity index (χ2v) is 10.2. The van der Waals surface area contributed by atoms with E-state index in [1.165, 1.54) is 73.9 Å². The van der Waals surface area contributed by atoms with Gasteiger partial charge in [-0.1, -0.05) is 56.5 Å². The lowest BCUT2D eigenvalue weighted by Crippen LogP contribution is -2.46. The number of hydrogen-bond acceptors (Lipinski definition) is 2. The quantitative estimate of drug-likeness (QED) is 0.481. The summed E-state index contributed by atoms with van der Waals surface area (Å²) in [5.41, 5.74) is 6.68. The molecule has 1 fully saturated rings. The van der Waals surface area contributed by atoms with Gasteiger partial charge in [0.05, 0.1) is 0 Å². The smallest absolute Gasteiger partial charge is 0.173 e. The number of hydrogen-bond donors (Lipinski definition) is 1. The van der Waals surface area contributed by atoms with Crippen LogP contribution in [-0.4, -0.2) is 29.1 Å². The lowest BCUT2D eigenvalue weighted by molar-refractivity contribution is 0.177. The molecule has 0 amide bonds. The van der Waals surface area contributed by atoms with Crippen molar-refractivity contribution >= 4 is 28.7 Å². The van der Waals surface area contributed by atoms with Gasteiger partial charge in [-0.15, -0.1) is 0 Å². The van der Waals surface area contributed by atoms with Gasteiger partial charge in [0.2, 0.25) is 0 Å². The summed E-state index contributed by atoms with van der Waals surface area (Å²) in [4.78, 5) is 5.04. The van der Waals surface area contributed by atoms with Gasteiger partial charge in [-0.25, -0.2) is 0 Å². The van der Waals surface area contributed by atoms with E-state index in [4.69, 9.17) is 12.2 Å². The zero-order valence-electron chi connectivity index (χ0n) is 20.1. The van der Waals surface area contributed by atoms with E-state index in [1.54, 1.807) is 0 Å². The minimum atomic E-state index is 0.502. The molecule has 1 saturated carbocycles. The first-order valence-electron chi connectivity index (χ1n) is 12.6. The zero-order valence-corrected chi connectivity index (χ0v) is 20.9. The highest BCUT2D eigenvalue weighted by atomic mass is 32.1. The third-order valence-corrected chi connectivity index (χ3v) is 7.57. The Morgan fingerprint density at radius 3 is 2.62 bits per heavy atom. The van der Waals surface area contributed by atoms with Crippen LogP contribution in [0.2, 0.25) is 0 Å². The number of nitrogens with one attached hydrogen (secondary N) is 1. The van der Waals surface area contributed by atoms with Crippen molar-refractivity contribution in [2.45, 2.75) is 78.3 Å². The molecule has 3 nitrogen and oxygen atoms in total. The molecule has 32 heavy (non-hydrogen) atoms. The molecule has 1 heterocycles. The maximum atomic E-state index is 6.00. The van der Waals surface area contributed by atoms with Crippen LogP contribution in [0.4, 0.5) is 11.4 Å². The summed E-state index contributed by atoms with van der Waals surface area (Å²) in [6.45, 7) is 10.0. The van der Waals surface area contributed by atoms with Crippen LogP contribution in [0.25, 0.3) is 0 Å². The predicted molar refractivity (Wildman–Crippen MR) is 142 cm³/mol. The molecule has 0 bridgehead atoms. The highest BCUT2D eigenvalue weighted by molar-refractivity contribution is 7.80. The first-order valence-corrected chi connectivity index (χ1v) is 13.0. The van der Waals surface area contributed by atoms with Gasteiger partial charge in [0.25, 0.3) is 0 Å². The van der Waals surface area contributed by atoms with E-state index < -0.39 is 0 Å². The van der Waals surface area contributed by atoms with Gasteiger partial charge in [-0.05, 0) is 86.5 Å². The van der Waals surface area contributed by atoms with E-state index in [2.05, 4.69) is 78.4 Å². The van der Waals surface area contributed by atoms with Gasteiger partial charge in [-0.3, -0.25) is 0 Å². The van der Waals surface area contributed by atoms with Gasteiger partial charge in [0, 0.05) is 37.1 Å². The summed E-state index contributed by atoms with van der Waals surface area (Å²) in [6.07, 6.45) is 8.82. The number of nitrogens with zero attached hydrogens (tertiary/aromatic N) is 2. The lowest BCUT2D eigenvalue weighted by Gasteiger charge is -2.40. The number of benzene rings is 2. The molecule has 0 aromatic heterocycles. The monoisotopic (exact) mass is 449 g/mol. The highest BCUT2D eigenvalue weighted by Gasteiger charge is 2.29. The Morgan fingerprint density at radius 2 is 1.88 bits per heavy atom. The van der Waals surface area contributed by atoms with E-state index in [0.29, 0.717) is 12.0 Å². The van der Waals surface area contributed by atoms with E-state index >= 15 is 0 Å². The second-order valence-electron chi connectivity index (χ2n) is 9.81. The maximum absolute atomic E-state index is 6.00. The Morgan fingerprint density at radius 1 is 1.09 bits per heavy atom. The summed E-state index contributed by atoms with van der Waals surface area (Å²) < 4.78 is 0.